The van der Waals surface area contributed by atoms with Crippen LogP contribution in [0.15, 0.2) is 12.3 Å². The summed E-state index contributed by atoms with van der Waals surface area (Å²) in [5.74, 6) is 2.25. The summed E-state index contributed by atoms with van der Waals surface area (Å²) < 4.78 is 0. The number of terminal acetylenes is 1. The van der Waals surface area contributed by atoms with Gasteiger partial charge >= 0.3 is 0 Å². The minimum absolute atomic E-state index is 0.264. The minimum Gasteiger partial charge on any atom is -0.397 e. The van der Waals surface area contributed by atoms with Gasteiger partial charge in [-0.1, -0.05) is 12.8 Å². The molecule has 0 radical (unpaired) electrons. The molecule has 0 spiro atoms. The third-order valence-corrected chi connectivity index (χ3v) is 3.65. The van der Waals surface area contributed by atoms with Crippen LogP contribution in [0.2, 0.25) is 0 Å². The van der Waals surface area contributed by atoms with Crippen molar-refractivity contribution < 1.29 is 4.79 Å². The molecule has 3 N–H and O–H groups in total. The number of carbonyl (C=O) groups is 1. The molecular weight excluding hydrogens is 248 g/mol. The molecular formula is C12H12N4OS. The Bertz CT molecular complexity index is 629. The molecule has 2 heterocycles. The molecule has 5 nitrogen and oxygen atoms in total. The molecule has 1 unspecified atom stereocenters. The first-order chi connectivity index (χ1) is 8.67. The molecule has 1 amide bonds. The molecule has 0 saturated heterocycles. The fourth-order valence-electron chi connectivity index (χ4n) is 1.53. The Hall–Kier alpha value is -2.13. The van der Waals surface area contributed by atoms with E-state index in [1.54, 1.807) is 12.3 Å². The van der Waals surface area contributed by atoms with E-state index in [9.17, 15) is 4.79 Å². The van der Waals surface area contributed by atoms with Crippen LogP contribution in [0.3, 0.4) is 0 Å². The van der Waals surface area contributed by atoms with E-state index in [4.69, 9.17) is 12.2 Å². The van der Waals surface area contributed by atoms with Crippen LogP contribution >= 0.6 is 11.3 Å². The van der Waals surface area contributed by atoms with Gasteiger partial charge in [-0.3, -0.25) is 4.79 Å². The summed E-state index contributed by atoms with van der Waals surface area (Å²) in [6, 6.07) is 1.46. The normalized spacial score (nSPS) is 12.0. The first-order valence-electron chi connectivity index (χ1n) is 5.44. The van der Waals surface area contributed by atoms with Gasteiger partial charge in [-0.05, 0) is 12.5 Å². The van der Waals surface area contributed by atoms with E-state index >= 15 is 0 Å². The zero-order chi connectivity index (χ0) is 13.1. The van der Waals surface area contributed by atoms with Crippen molar-refractivity contribution in [1.82, 2.24) is 15.5 Å². The van der Waals surface area contributed by atoms with E-state index in [0.29, 0.717) is 21.8 Å². The Morgan fingerprint density at radius 1 is 1.72 bits per heavy atom. The molecule has 0 bridgehead atoms. The van der Waals surface area contributed by atoms with Gasteiger partial charge in [-0.2, -0.15) is 5.10 Å². The average molecular weight is 260 g/mol. The van der Waals surface area contributed by atoms with Gasteiger partial charge in [0.2, 0.25) is 0 Å². The second kappa shape index (κ2) is 5.02. The number of anilines is 1. The maximum atomic E-state index is 12.0. The number of nitrogens with one attached hydrogen (secondary N) is 1. The Morgan fingerprint density at radius 2 is 2.50 bits per heavy atom. The molecule has 0 saturated carbocycles. The molecule has 18 heavy (non-hydrogen) atoms. The van der Waals surface area contributed by atoms with E-state index < -0.39 is 0 Å². The van der Waals surface area contributed by atoms with Crippen molar-refractivity contribution in [2.45, 2.75) is 19.4 Å². The van der Waals surface area contributed by atoms with Crippen molar-refractivity contribution in [2.24, 2.45) is 0 Å². The Labute approximate surface area is 108 Å². The summed E-state index contributed by atoms with van der Waals surface area (Å²) in [5, 5.41) is 11.2. The zero-order valence-corrected chi connectivity index (χ0v) is 10.6. The second-order valence-corrected chi connectivity index (χ2v) is 4.69. The lowest BCUT2D eigenvalue weighted by atomic mass is 10.2. The van der Waals surface area contributed by atoms with Crippen LogP contribution in [0.4, 0.5) is 5.69 Å². The summed E-state index contributed by atoms with van der Waals surface area (Å²) in [6.45, 7) is 1.91. The van der Waals surface area contributed by atoms with Crippen LogP contribution in [0, 0.1) is 12.3 Å². The number of thiophene rings is 1. The van der Waals surface area contributed by atoms with Gasteiger partial charge in [-0.25, -0.2) is 0 Å². The summed E-state index contributed by atoms with van der Waals surface area (Å²) >= 11 is 1.22. The first-order valence-corrected chi connectivity index (χ1v) is 6.25. The number of fused-ring (bicyclic) bond motifs is 1. The zero-order valence-electron chi connectivity index (χ0n) is 9.80. The third-order valence-electron chi connectivity index (χ3n) is 2.54. The van der Waals surface area contributed by atoms with Crippen molar-refractivity contribution >= 4 is 33.1 Å². The van der Waals surface area contributed by atoms with Gasteiger partial charge in [-0.15, -0.1) is 22.9 Å². The summed E-state index contributed by atoms with van der Waals surface area (Å²) in [5.41, 5.74) is 6.35. The summed E-state index contributed by atoms with van der Waals surface area (Å²) in [6.07, 6.45) is 7.53. The van der Waals surface area contributed by atoms with Gasteiger partial charge in [0.15, 0.2) is 0 Å². The van der Waals surface area contributed by atoms with Gasteiger partial charge in [0.05, 0.1) is 17.9 Å². The fraction of sp³-hybridized carbons (Fsp3) is 0.250. The quantitative estimate of drug-likeness (QED) is 0.818. The maximum Gasteiger partial charge on any atom is 0.264 e. The number of nitrogens with two attached hydrogens (primary N) is 1. The van der Waals surface area contributed by atoms with E-state index in [2.05, 4.69) is 21.4 Å². The van der Waals surface area contributed by atoms with E-state index in [1.807, 2.05) is 6.92 Å². The maximum absolute atomic E-state index is 12.0. The van der Waals surface area contributed by atoms with Gasteiger partial charge < -0.3 is 11.1 Å². The number of nitrogen functional groups attached to an aromatic ring is 1. The molecule has 0 aliphatic carbocycles. The Balaban J connectivity index is 2.34. The Kier molecular flexibility index (Phi) is 3.44. The highest BCUT2D eigenvalue weighted by molar-refractivity contribution is 7.21. The number of rotatable bonds is 3. The van der Waals surface area contributed by atoms with Crippen LogP contribution < -0.4 is 11.1 Å². The third kappa shape index (κ3) is 2.13. The van der Waals surface area contributed by atoms with Crippen molar-refractivity contribution in [2.75, 3.05) is 5.73 Å². The number of carbonyl (C=O) groups excluding carboxylic acids is 1. The number of hydrogen-bond acceptors (Lipinski definition) is 5. The smallest absolute Gasteiger partial charge is 0.264 e. The van der Waals surface area contributed by atoms with Crippen molar-refractivity contribution in [1.29, 1.82) is 0 Å². The number of amides is 1. The first kappa shape index (κ1) is 12.3. The van der Waals surface area contributed by atoms with Gasteiger partial charge in [0, 0.05) is 5.39 Å². The molecule has 92 valence electrons. The predicted octanol–water partition coefficient (Wildman–Crippen LogP) is 1.42. The number of nitrogens with zero attached hydrogens (tertiary/aromatic N) is 2. The highest BCUT2D eigenvalue weighted by Gasteiger charge is 2.18. The molecule has 0 aliphatic heterocycles. The number of aromatic nitrogens is 2. The lowest BCUT2D eigenvalue weighted by molar-refractivity contribution is 0.0950. The highest BCUT2D eigenvalue weighted by Crippen LogP contribution is 2.31. The SMILES string of the molecule is C#CC(CC)NC(=O)c1sc2nnccc2c1N. The molecule has 0 aromatic carbocycles. The van der Waals surface area contributed by atoms with Crippen molar-refractivity contribution in [3.8, 4) is 12.3 Å². The lowest BCUT2D eigenvalue weighted by Crippen LogP contribution is -2.33. The Morgan fingerprint density at radius 3 is 3.11 bits per heavy atom. The predicted molar refractivity (Wildman–Crippen MR) is 72.2 cm³/mol. The van der Waals surface area contributed by atoms with Crippen molar-refractivity contribution in [3.05, 3.63) is 17.1 Å². The van der Waals surface area contributed by atoms with E-state index in [-0.39, 0.29) is 11.9 Å². The van der Waals surface area contributed by atoms with E-state index in [1.165, 1.54) is 11.3 Å². The van der Waals surface area contributed by atoms with E-state index in [0.717, 1.165) is 5.39 Å². The topological polar surface area (TPSA) is 80.9 Å². The molecule has 2 aromatic heterocycles. The summed E-state index contributed by atoms with van der Waals surface area (Å²) in [4.78, 5) is 13.1. The highest BCUT2D eigenvalue weighted by atomic mass is 32.1. The lowest BCUT2D eigenvalue weighted by Gasteiger charge is -2.09. The molecule has 0 fully saturated rings. The fourth-order valence-corrected chi connectivity index (χ4v) is 2.47. The molecule has 0 aliphatic rings. The molecule has 2 aromatic rings. The van der Waals surface area contributed by atoms with Crippen molar-refractivity contribution in [3.63, 3.8) is 0 Å². The monoisotopic (exact) mass is 260 g/mol. The second-order valence-electron chi connectivity index (χ2n) is 3.70. The standard InChI is InChI=1S/C12H12N4OS/c1-3-7(4-2)15-11(17)10-9(13)8-5-6-14-16-12(8)18-10/h1,5-7H,4,13H2,2H3,(H,15,17). The minimum atomic E-state index is -0.284. The van der Waals surface area contributed by atoms with Crippen LogP contribution in [0.25, 0.3) is 10.2 Å². The molecule has 6 heteroatoms. The molecule has 1 atom stereocenters. The van der Waals surface area contributed by atoms with Crippen LogP contribution in [-0.4, -0.2) is 22.1 Å². The van der Waals surface area contributed by atoms with Crippen LogP contribution in [-0.2, 0) is 0 Å². The number of hydrogen-bond donors (Lipinski definition) is 2. The van der Waals surface area contributed by atoms with Crippen LogP contribution in [0.5, 0.6) is 0 Å². The largest absolute Gasteiger partial charge is 0.397 e. The molecule has 2 rings (SSSR count). The average Bonchev–Trinajstić information content (AvgIpc) is 2.74. The van der Waals surface area contributed by atoms with Crippen LogP contribution in [0.1, 0.15) is 23.0 Å². The summed E-state index contributed by atoms with van der Waals surface area (Å²) in [7, 11) is 0. The van der Waals surface area contributed by atoms with Gasteiger partial charge in [0.25, 0.3) is 5.91 Å². The van der Waals surface area contributed by atoms with Gasteiger partial charge in [0.1, 0.15) is 9.71 Å².